The highest BCUT2D eigenvalue weighted by atomic mass is 19.1. The summed E-state index contributed by atoms with van der Waals surface area (Å²) >= 11 is 0. The molecule has 3 aromatic rings. The Bertz CT molecular complexity index is 961. The van der Waals surface area contributed by atoms with Gasteiger partial charge in [0.25, 0.3) is 0 Å². The molecule has 7 heteroatoms. The van der Waals surface area contributed by atoms with Crippen molar-refractivity contribution >= 4 is 11.6 Å². The van der Waals surface area contributed by atoms with Crippen LogP contribution in [0, 0.1) is 18.2 Å². The number of carbonyl (C=O) groups excluding carboxylic acids is 1. The number of aromatic nitrogens is 3. The van der Waals surface area contributed by atoms with E-state index in [1.54, 1.807) is 35.9 Å². The molecule has 3 rings (SSSR count). The van der Waals surface area contributed by atoms with Gasteiger partial charge in [-0.25, -0.2) is 9.07 Å². The van der Waals surface area contributed by atoms with Crippen molar-refractivity contribution in [2.45, 2.75) is 26.3 Å². The Kier molecular flexibility index (Phi) is 5.40. The minimum absolute atomic E-state index is 0.0195. The zero-order valence-corrected chi connectivity index (χ0v) is 14.9. The van der Waals surface area contributed by atoms with E-state index in [4.69, 9.17) is 11.1 Å². The molecule has 0 saturated heterocycles. The predicted octanol–water partition coefficient (Wildman–Crippen LogP) is 2.87. The number of rotatable bonds is 7. The molecule has 0 spiro atoms. The predicted molar refractivity (Wildman–Crippen MR) is 100 cm³/mol. The molecule has 6 nitrogen and oxygen atoms in total. The van der Waals surface area contributed by atoms with Gasteiger partial charge >= 0.3 is 0 Å². The van der Waals surface area contributed by atoms with Gasteiger partial charge in [-0.1, -0.05) is 41.6 Å². The summed E-state index contributed by atoms with van der Waals surface area (Å²) in [6.07, 6.45) is 0.886. The summed E-state index contributed by atoms with van der Waals surface area (Å²) in [5.74, 6) is -0.346. The molecule has 0 fully saturated rings. The first-order valence-corrected chi connectivity index (χ1v) is 8.55. The molecule has 1 aromatic heterocycles. The average molecular weight is 365 g/mol. The van der Waals surface area contributed by atoms with E-state index in [2.05, 4.69) is 10.3 Å². The summed E-state index contributed by atoms with van der Waals surface area (Å²) in [5, 5.41) is 15.5. The van der Waals surface area contributed by atoms with E-state index in [9.17, 15) is 9.18 Å². The first-order valence-electron chi connectivity index (χ1n) is 8.55. The minimum atomic E-state index is -0.290. The Morgan fingerprint density at radius 2 is 1.74 bits per heavy atom. The summed E-state index contributed by atoms with van der Waals surface area (Å²) in [4.78, 5) is 12.5. The highest BCUT2D eigenvalue weighted by molar-refractivity contribution is 5.95. The van der Waals surface area contributed by atoms with Crippen molar-refractivity contribution in [3.63, 3.8) is 0 Å². The number of nitrogens with one attached hydrogen (secondary N) is 1. The number of halogens is 1. The van der Waals surface area contributed by atoms with Crippen molar-refractivity contribution in [3.8, 4) is 0 Å². The van der Waals surface area contributed by atoms with Gasteiger partial charge in [-0.05, 0) is 36.6 Å². The maximum absolute atomic E-state index is 13.0. The first kappa shape index (κ1) is 18.4. The lowest BCUT2D eigenvalue weighted by Crippen LogP contribution is -2.10. The van der Waals surface area contributed by atoms with Gasteiger partial charge in [-0.15, -0.1) is 5.10 Å². The van der Waals surface area contributed by atoms with Crippen LogP contribution in [-0.2, 0) is 13.0 Å². The van der Waals surface area contributed by atoms with Crippen LogP contribution in [0.1, 0.15) is 39.3 Å². The van der Waals surface area contributed by atoms with Crippen molar-refractivity contribution in [1.29, 1.82) is 5.41 Å². The Morgan fingerprint density at radius 3 is 2.37 bits per heavy atom. The van der Waals surface area contributed by atoms with E-state index in [1.807, 2.05) is 12.1 Å². The quantitative estimate of drug-likeness (QED) is 0.382. The van der Waals surface area contributed by atoms with Crippen LogP contribution in [0.4, 0.5) is 4.39 Å². The summed E-state index contributed by atoms with van der Waals surface area (Å²) < 4.78 is 14.6. The van der Waals surface area contributed by atoms with Crippen molar-refractivity contribution in [2.24, 2.45) is 5.73 Å². The maximum atomic E-state index is 13.0. The Labute approximate surface area is 156 Å². The molecule has 0 unspecified atom stereocenters. The number of hydrogen-bond acceptors (Lipinski definition) is 4. The highest BCUT2D eigenvalue weighted by Crippen LogP contribution is 2.13. The van der Waals surface area contributed by atoms with Crippen LogP contribution in [0.3, 0.4) is 0 Å². The first-order chi connectivity index (χ1) is 12.9. The zero-order chi connectivity index (χ0) is 19.4. The highest BCUT2D eigenvalue weighted by Gasteiger charge is 2.16. The molecular formula is C20H20FN5O. The SMILES string of the molecule is Cc1c(C(=O)CCc2ccc(C(=N)N)cc2)nnn1Cc1ccc(F)cc1. The Balaban J connectivity index is 1.64. The fraction of sp³-hybridized carbons (Fsp3) is 0.200. The molecule has 138 valence electrons. The van der Waals surface area contributed by atoms with E-state index in [-0.39, 0.29) is 17.4 Å². The van der Waals surface area contributed by atoms with E-state index in [0.29, 0.717) is 36.3 Å². The van der Waals surface area contributed by atoms with Crippen LogP contribution < -0.4 is 5.73 Å². The standard InChI is InChI=1S/C20H20FN5O/c1-13-19(24-25-26(13)12-15-4-9-17(21)10-5-15)18(27)11-6-14-2-7-16(8-3-14)20(22)23/h2-5,7-10H,6,11-12H2,1H3,(H3,22,23). The number of aryl methyl sites for hydroxylation is 1. The van der Waals surface area contributed by atoms with Gasteiger partial charge in [-0.3, -0.25) is 10.2 Å². The molecule has 0 saturated carbocycles. The van der Waals surface area contributed by atoms with Gasteiger partial charge in [-0.2, -0.15) is 0 Å². The van der Waals surface area contributed by atoms with Crippen LogP contribution in [0.5, 0.6) is 0 Å². The number of benzene rings is 2. The average Bonchev–Trinajstić information content (AvgIpc) is 3.02. The smallest absolute Gasteiger partial charge is 0.185 e. The molecule has 0 amide bonds. The van der Waals surface area contributed by atoms with Crippen LogP contribution in [0.2, 0.25) is 0 Å². The van der Waals surface area contributed by atoms with Gasteiger partial charge in [0, 0.05) is 12.0 Å². The number of ketones is 1. The molecule has 27 heavy (non-hydrogen) atoms. The van der Waals surface area contributed by atoms with Crippen molar-refractivity contribution in [2.75, 3.05) is 0 Å². The second-order valence-corrected chi connectivity index (χ2v) is 6.34. The largest absolute Gasteiger partial charge is 0.384 e. The summed E-state index contributed by atoms with van der Waals surface area (Å²) in [6.45, 7) is 2.23. The van der Waals surface area contributed by atoms with Crippen LogP contribution in [0.25, 0.3) is 0 Å². The fourth-order valence-electron chi connectivity index (χ4n) is 2.76. The summed E-state index contributed by atoms with van der Waals surface area (Å²) in [5.41, 5.74) is 9.02. The second-order valence-electron chi connectivity index (χ2n) is 6.34. The number of hydrogen-bond donors (Lipinski definition) is 2. The van der Waals surface area contributed by atoms with E-state index in [1.165, 1.54) is 12.1 Å². The molecule has 0 bridgehead atoms. The van der Waals surface area contributed by atoms with E-state index >= 15 is 0 Å². The second kappa shape index (κ2) is 7.90. The number of nitrogens with zero attached hydrogens (tertiary/aromatic N) is 3. The molecule has 3 N–H and O–H groups in total. The fourth-order valence-corrected chi connectivity index (χ4v) is 2.76. The molecule has 0 aliphatic rings. The lowest BCUT2D eigenvalue weighted by molar-refractivity contribution is 0.0977. The summed E-state index contributed by atoms with van der Waals surface area (Å²) in [7, 11) is 0. The van der Waals surface area contributed by atoms with Crippen molar-refractivity contribution in [1.82, 2.24) is 15.0 Å². The van der Waals surface area contributed by atoms with E-state index < -0.39 is 0 Å². The lowest BCUT2D eigenvalue weighted by Gasteiger charge is -2.05. The molecular weight excluding hydrogens is 345 g/mol. The van der Waals surface area contributed by atoms with Crippen molar-refractivity contribution in [3.05, 3.63) is 82.4 Å². The van der Waals surface area contributed by atoms with Gasteiger partial charge in [0.2, 0.25) is 0 Å². The van der Waals surface area contributed by atoms with Crippen LogP contribution in [0.15, 0.2) is 48.5 Å². The third kappa shape index (κ3) is 4.44. The lowest BCUT2D eigenvalue weighted by atomic mass is 10.0. The van der Waals surface area contributed by atoms with E-state index in [0.717, 1.165) is 11.1 Å². The number of carbonyl (C=O) groups is 1. The molecule has 0 aliphatic carbocycles. The zero-order valence-electron chi connectivity index (χ0n) is 14.9. The number of nitrogens with two attached hydrogens (primary N) is 1. The van der Waals surface area contributed by atoms with Crippen LogP contribution >= 0.6 is 0 Å². The number of amidine groups is 1. The minimum Gasteiger partial charge on any atom is -0.384 e. The molecule has 1 heterocycles. The molecule has 0 radical (unpaired) electrons. The third-order valence-corrected chi connectivity index (χ3v) is 4.40. The number of Topliss-reactive ketones (excluding diaryl/α,β-unsaturated/α-hetero) is 1. The molecule has 2 aromatic carbocycles. The third-order valence-electron chi connectivity index (χ3n) is 4.40. The van der Waals surface area contributed by atoms with Gasteiger partial charge in [0.05, 0.1) is 12.2 Å². The Hall–Kier alpha value is -3.35. The van der Waals surface area contributed by atoms with Crippen LogP contribution in [-0.4, -0.2) is 26.6 Å². The van der Waals surface area contributed by atoms with Crippen molar-refractivity contribution < 1.29 is 9.18 Å². The molecule has 0 atom stereocenters. The summed E-state index contributed by atoms with van der Waals surface area (Å²) in [6, 6.07) is 13.4. The maximum Gasteiger partial charge on any atom is 0.185 e. The Morgan fingerprint density at radius 1 is 1.11 bits per heavy atom. The molecule has 0 aliphatic heterocycles. The van der Waals surface area contributed by atoms with Gasteiger partial charge in [0.1, 0.15) is 11.7 Å². The van der Waals surface area contributed by atoms with Gasteiger partial charge in [0.15, 0.2) is 11.5 Å². The number of nitrogen functional groups attached to an aromatic ring is 1. The monoisotopic (exact) mass is 365 g/mol. The van der Waals surface area contributed by atoms with Gasteiger partial charge < -0.3 is 5.73 Å². The topological polar surface area (TPSA) is 97.7 Å². The normalized spacial score (nSPS) is 10.7.